The van der Waals surface area contributed by atoms with Gasteiger partial charge in [0.2, 0.25) is 5.88 Å². The molecule has 0 saturated heterocycles. The first kappa shape index (κ1) is 7.78. The Bertz CT molecular complexity index is 477. The van der Waals surface area contributed by atoms with Crippen LogP contribution in [0.1, 0.15) is 5.69 Å². The van der Waals surface area contributed by atoms with Crippen LogP contribution >= 0.6 is 0 Å². The molecular weight excluding hydrogens is 172 g/mol. The van der Waals surface area contributed by atoms with Crippen LogP contribution in [-0.2, 0) is 7.05 Å². The summed E-state index contributed by atoms with van der Waals surface area (Å²) in [5.41, 5.74) is 1.54. The molecule has 2 rings (SSSR count). The molecule has 2 heterocycles. The van der Waals surface area contributed by atoms with E-state index in [0.717, 1.165) is 0 Å². The summed E-state index contributed by atoms with van der Waals surface area (Å²) in [5.74, 6) is -0.259. The zero-order chi connectivity index (χ0) is 9.59. The molecule has 0 saturated carbocycles. The largest absolute Gasteiger partial charge is 0.492 e. The third-order valence-electron chi connectivity index (χ3n) is 1.82. The third-order valence-corrected chi connectivity index (χ3v) is 1.82. The Kier molecular flexibility index (Phi) is 1.39. The number of rotatable bonds is 0. The molecule has 0 unspecified atom stereocenters. The minimum atomic E-state index is -0.443. The highest BCUT2D eigenvalue weighted by Gasteiger charge is 2.13. The van der Waals surface area contributed by atoms with Crippen molar-refractivity contribution in [3.05, 3.63) is 5.69 Å². The van der Waals surface area contributed by atoms with Gasteiger partial charge in [0.15, 0.2) is 0 Å². The molecule has 6 nitrogen and oxygen atoms in total. The Labute approximate surface area is 73.5 Å². The van der Waals surface area contributed by atoms with Crippen molar-refractivity contribution in [3.63, 3.8) is 0 Å². The monoisotopic (exact) mass is 180 g/mol. The van der Waals surface area contributed by atoms with Crippen LogP contribution < -0.4 is 0 Å². The highest BCUT2D eigenvalue weighted by molar-refractivity contribution is 5.81. The number of fused-ring (bicyclic) bond motifs is 1. The smallest absolute Gasteiger partial charge is 0.317 e. The van der Waals surface area contributed by atoms with Crippen LogP contribution in [0.5, 0.6) is 11.9 Å². The topological polar surface area (TPSA) is 84.1 Å². The zero-order valence-corrected chi connectivity index (χ0v) is 7.18. The van der Waals surface area contributed by atoms with E-state index in [9.17, 15) is 5.11 Å². The molecule has 0 radical (unpaired) electrons. The first-order valence-corrected chi connectivity index (χ1v) is 3.69. The molecule has 0 aliphatic carbocycles. The Morgan fingerprint density at radius 3 is 2.62 bits per heavy atom. The summed E-state index contributed by atoms with van der Waals surface area (Å²) < 4.78 is 1.47. The second-order valence-corrected chi connectivity index (χ2v) is 2.75. The normalized spacial score (nSPS) is 10.9. The molecule has 0 atom stereocenters. The standard InChI is InChI=1S/C7H8N4O2/c1-3-4-5(11(2)10-3)6(12)9-7(13)8-4/h1-2H3,(H2,8,9,12,13). The minimum Gasteiger partial charge on any atom is -0.492 e. The van der Waals surface area contributed by atoms with Crippen molar-refractivity contribution in [2.45, 2.75) is 6.92 Å². The number of nitrogens with zero attached hydrogens (tertiary/aromatic N) is 4. The highest BCUT2D eigenvalue weighted by atomic mass is 16.3. The van der Waals surface area contributed by atoms with Crippen molar-refractivity contribution in [1.82, 2.24) is 19.7 Å². The number of hydrogen-bond donors (Lipinski definition) is 2. The van der Waals surface area contributed by atoms with Gasteiger partial charge >= 0.3 is 6.01 Å². The predicted molar refractivity (Wildman–Crippen MR) is 44.4 cm³/mol. The van der Waals surface area contributed by atoms with Crippen LogP contribution in [0.15, 0.2) is 0 Å². The summed E-state index contributed by atoms with van der Waals surface area (Å²) >= 11 is 0. The van der Waals surface area contributed by atoms with Gasteiger partial charge in [-0.15, -0.1) is 0 Å². The third kappa shape index (κ3) is 0.986. The van der Waals surface area contributed by atoms with E-state index in [4.69, 9.17) is 5.11 Å². The Morgan fingerprint density at radius 2 is 1.92 bits per heavy atom. The molecular formula is C7H8N4O2. The molecule has 68 valence electrons. The van der Waals surface area contributed by atoms with Crippen LogP contribution in [0.3, 0.4) is 0 Å². The fraction of sp³-hybridized carbons (Fsp3) is 0.286. The van der Waals surface area contributed by atoms with Crippen molar-refractivity contribution in [2.24, 2.45) is 7.05 Å². The molecule has 0 amide bonds. The molecule has 13 heavy (non-hydrogen) atoms. The van der Waals surface area contributed by atoms with Crippen LogP contribution in [-0.4, -0.2) is 30.0 Å². The number of aryl methyl sites for hydroxylation is 2. The zero-order valence-electron chi connectivity index (χ0n) is 7.18. The molecule has 0 aliphatic heterocycles. The maximum atomic E-state index is 9.37. The van der Waals surface area contributed by atoms with E-state index in [1.807, 2.05) is 0 Å². The lowest BCUT2D eigenvalue weighted by atomic mass is 10.3. The average Bonchev–Trinajstić information content (AvgIpc) is 2.27. The van der Waals surface area contributed by atoms with E-state index in [1.165, 1.54) is 4.68 Å². The molecule has 6 heteroatoms. The highest BCUT2D eigenvalue weighted by Crippen LogP contribution is 2.24. The van der Waals surface area contributed by atoms with Gasteiger partial charge in [0.1, 0.15) is 11.0 Å². The van der Waals surface area contributed by atoms with Crippen molar-refractivity contribution in [3.8, 4) is 11.9 Å². The van der Waals surface area contributed by atoms with Crippen molar-refractivity contribution in [1.29, 1.82) is 0 Å². The first-order chi connectivity index (χ1) is 6.09. The maximum absolute atomic E-state index is 9.37. The molecule has 2 N–H and O–H groups in total. The van der Waals surface area contributed by atoms with Crippen molar-refractivity contribution >= 4 is 11.0 Å². The second kappa shape index (κ2) is 2.32. The van der Waals surface area contributed by atoms with Gasteiger partial charge in [0, 0.05) is 7.05 Å². The molecule has 0 bridgehead atoms. The summed E-state index contributed by atoms with van der Waals surface area (Å²) in [7, 11) is 1.68. The Hall–Kier alpha value is -1.85. The van der Waals surface area contributed by atoms with E-state index in [0.29, 0.717) is 16.7 Å². The van der Waals surface area contributed by atoms with Gasteiger partial charge in [-0.3, -0.25) is 4.68 Å². The summed E-state index contributed by atoms with van der Waals surface area (Å²) in [6.45, 7) is 1.74. The van der Waals surface area contributed by atoms with E-state index in [-0.39, 0.29) is 5.88 Å². The maximum Gasteiger partial charge on any atom is 0.317 e. The molecule has 2 aromatic rings. The molecule has 0 spiro atoms. The van der Waals surface area contributed by atoms with E-state index in [2.05, 4.69) is 15.1 Å². The van der Waals surface area contributed by atoms with Crippen LogP contribution in [0.2, 0.25) is 0 Å². The lowest BCUT2D eigenvalue weighted by molar-refractivity contribution is 0.402. The van der Waals surface area contributed by atoms with E-state index >= 15 is 0 Å². The van der Waals surface area contributed by atoms with Gasteiger partial charge in [0.05, 0.1) is 5.69 Å². The molecule has 0 fully saturated rings. The minimum absolute atomic E-state index is 0.259. The lowest BCUT2D eigenvalue weighted by Crippen LogP contribution is -1.91. The van der Waals surface area contributed by atoms with Crippen LogP contribution in [0.4, 0.5) is 0 Å². The SMILES string of the molecule is Cc1nn(C)c2c(O)nc(O)nc12. The van der Waals surface area contributed by atoms with Gasteiger partial charge in [0.25, 0.3) is 0 Å². The van der Waals surface area contributed by atoms with Gasteiger partial charge in [-0.05, 0) is 6.92 Å². The van der Waals surface area contributed by atoms with E-state index in [1.54, 1.807) is 14.0 Å². The van der Waals surface area contributed by atoms with Crippen LogP contribution in [0.25, 0.3) is 11.0 Å². The van der Waals surface area contributed by atoms with Crippen LogP contribution in [0, 0.1) is 6.92 Å². The Morgan fingerprint density at radius 1 is 1.23 bits per heavy atom. The average molecular weight is 180 g/mol. The summed E-state index contributed by atoms with van der Waals surface area (Å²) in [5, 5.41) is 22.4. The van der Waals surface area contributed by atoms with Crippen molar-refractivity contribution in [2.75, 3.05) is 0 Å². The summed E-state index contributed by atoms with van der Waals surface area (Å²) in [6, 6.07) is -0.443. The Balaban J connectivity index is 2.97. The van der Waals surface area contributed by atoms with Gasteiger partial charge < -0.3 is 10.2 Å². The number of aromatic nitrogens is 4. The van der Waals surface area contributed by atoms with Gasteiger partial charge in [-0.1, -0.05) is 0 Å². The summed E-state index contributed by atoms with van der Waals surface area (Å²) in [6.07, 6.45) is 0. The quantitative estimate of drug-likeness (QED) is 0.599. The van der Waals surface area contributed by atoms with Gasteiger partial charge in [-0.25, -0.2) is 0 Å². The summed E-state index contributed by atoms with van der Waals surface area (Å²) in [4.78, 5) is 7.17. The lowest BCUT2D eigenvalue weighted by Gasteiger charge is -1.96. The number of hydrogen-bond acceptors (Lipinski definition) is 5. The fourth-order valence-electron chi connectivity index (χ4n) is 1.30. The molecule has 0 aromatic carbocycles. The van der Waals surface area contributed by atoms with Gasteiger partial charge in [-0.2, -0.15) is 15.1 Å². The molecule has 2 aromatic heterocycles. The fourth-order valence-corrected chi connectivity index (χ4v) is 1.30. The number of aromatic hydroxyl groups is 2. The van der Waals surface area contributed by atoms with E-state index < -0.39 is 6.01 Å². The predicted octanol–water partition coefficient (Wildman–Crippen LogP) is 0.0829. The molecule has 0 aliphatic rings. The second-order valence-electron chi connectivity index (χ2n) is 2.75. The van der Waals surface area contributed by atoms with Crippen molar-refractivity contribution < 1.29 is 10.2 Å². The first-order valence-electron chi connectivity index (χ1n) is 3.69.